The first-order valence-corrected chi connectivity index (χ1v) is 7.22. The van der Waals surface area contributed by atoms with Gasteiger partial charge in [-0.3, -0.25) is 9.69 Å². The lowest BCUT2D eigenvalue weighted by Gasteiger charge is -2.43. The maximum Gasteiger partial charge on any atom is 0.264 e. The topological polar surface area (TPSA) is 23.6 Å². The number of likely N-dealkylation sites (tertiary alicyclic amines) is 2. The predicted molar refractivity (Wildman–Crippen MR) is 69.8 cm³/mol. The van der Waals surface area contributed by atoms with Gasteiger partial charge in [-0.1, -0.05) is 11.6 Å². The maximum atomic E-state index is 12.1. The van der Waals surface area contributed by atoms with Crippen molar-refractivity contribution in [3.63, 3.8) is 0 Å². The summed E-state index contributed by atoms with van der Waals surface area (Å²) in [6.07, 6.45) is 2.62. The second-order valence-electron chi connectivity index (χ2n) is 4.71. The van der Waals surface area contributed by atoms with Crippen molar-refractivity contribution in [2.75, 3.05) is 26.2 Å². The van der Waals surface area contributed by atoms with Gasteiger partial charge in [-0.2, -0.15) is 0 Å². The van der Waals surface area contributed by atoms with Crippen molar-refractivity contribution >= 4 is 28.8 Å². The molecule has 0 unspecified atom stereocenters. The molecule has 2 aliphatic rings. The summed E-state index contributed by atoms with van der Waals surface area (Å²) in [4.78, 5) is 17.2. The third-order valence-electron chi connectivity index (χ3n) is 3.59. The summed E-state index contributed by atoms with van der Waals surface area (Å²) in [7, 11) is 0. The van der Waals surface area contributed by atoms with Crippen molar-refractivity contribution in [2.45, 2.75) is 18.9 Å². The van der Waals surface area contributed by atoms with E-state index in [0.717, 1.165) is 18.0 Å². The van der Waals surface area contributed by atoms with E-state index >= 15 is 0 Å². The van der Waals surface area contributed by atoms with E-state index in [-0.39, 0.29) is 5.91 Å². The van der Waals surface area contributed by atoms with Crippen LogP contribution in [0.1, 0.15) is 22.5 Å². The second-order valence-corrected chi connectivity index (χ2v) is 6.43. The predicted octanol–water partition coefficient (Wildman–Crippen LogP) is 2.32. The largest absolute Gasteiger partial charge is 0.335 e. The highest BCUT2D eigenvalue weighted by atomic mass is 35.5. The fraction of sp³-hybridized carbons (Fsp3) is 0.583. The summed E-state index contributed by atoms with van der Waals surface area (Å²) in [6.45, 7) is 4.18. The quantitative estimate of drug-likeness (QED) is 0.823. The van der Waals surface area contributed by atoms with Gasteiger partial charge in [0.2, 0.25) is 0 Å². The van der Waals surface area contributed by atoms with Gasteiger partial charge in [-0.25, -0.2) is 0 Å². The number of rotatable bonds is 2. The summed E-state index contributed by atoms with van der Waals surface area (Å²) >= 11 is 7.21. The minimum absolute atomic E-state index is 0.136. The molecule has 0 saturated carbocycles. The number of halogens is 1. The Kier molecular flexibility index (Phi) is 3.11. The van der Waals surface area contributed by atoms with Crippen LogP contribution in [0.2, 0.25) is 4.34 Å². The third kappa shape index (κ3) is 2.21. The van der Waals surface area contributed by atoms with Crippen LogP contribution in [0.15, 0.2) is 12.1 Å². The molecule has 3 nitrogen and oxygen atoms in total. The standard InChI is InChI=1S/C12H15ClN2OS/c13-11-4-3-10(17-11)12(16)15-7-9(8-15)14-5-1-2-6-14/h3-4,9H,1-2,5-8H2. The zero-order valence-electron chi connectivity index (χ0n) is 9.56. The molecular weight excluding hydrogens is 256 g/mol. The lowest BCUT2D eigenvalue weighted by Crippen LogP contribution is -2.60. The van der Waals surface area contributed by atoms with E-state index in [0.29, 0.717) is 10.4 Å². The van der Waals surface area contributed by atoms with E-state index in [4.69, 9.17) is 11.6 Å². The van der Waals surface area contributed by atoms with E-state index in [2.05, 4.69) is 4.90 Å². The van der Waals surface area contributed by atoms with Gasteiger partial charge < -0.3 is 4.90 Å². The van der Waals surface area contributed by atoms with Gasteiger partial charge in [-0.05, 0) is 38.1 Å². The zero-order chi connectivity index (χ0) is 11.8. The highest BCUT2D eigenvalue weighted by Gasteiger charge is 2.36. The lowest BCUT2D eigenvalue weighted by molar-refractivity contribution is 0.0339. The van der Waals surface area contributed by atoms with E-state index < -0.39 is 0 Å². The Morgan fingerprint density at radius 2 is 2.00 bits per heavy atom. The van der Waals surface area contributed by atoms with Crippen molar-refractivity contribution in [1.29, 1.82) is 0 Å². The monoisotopic (exact) mass is 270 g/mol. The summed E-state index contributed by atoms with van der Waals surface area (Å²) in [5, 5.41) is 0. The van der Waals surface area contributed by atoms with Gasteiger partial charge in [0, 0.05) is 19.1 Å². The van der Waals surface area contributed by atoms with E-state index in [9.17, 15) is 4.79 Å². The molecule has 92 valence electrons. The minimum Gasteiger partial charge on any atom is -0.335 e. The molecule has 0 radical (unpaired) electrons. The van der Waals surface area contributed by atoms with E-state index in [1.54, 1.807) is 6.07 Å². The number of carbonyl (C=O) groups is 1. The molecule has 1 amide bonds. The molecule has 0 spiro atoms. The average molecular weight is 271 g/mol. The third-order valence-corrected chi connectivity index (χ3v) is 4.81. The second kappa shape index (κ2) is 4.59. The smallest absolute Gasteiger partial charge is 0.264 e. The van der Waals surface area contributed by atoms with Gasteiger partial charge >= 0.3 is 0 Å². The first-order chi connectivity index (χ1) is 8.24. The number of nitrogens with zero attached hydrogens (tertiary/aromatic N) is 2. The number of hydrogen-bond donors (Lipinski definition) is 0. The summed E-state index contributed by atoms with van der Waals surface area (Å²) in [5.74, 6) is 0.136. The van der Waals surface area contributed by atoms with Crippen LogP contribution in [0.25, 0.3) is 0 Å². The molecule has 2 fully saturated rings. The van der Waals surface area contributed by atoms with E-state index in [1.165, 1.54) is 37.3 Å². The Bertz CT molecular complexity index is 422. The molecule has 5 heteroatoms. The molecule has 3 rings (SSSR count). The first-order valence-electron chi connectivity index (χ1n) is 6.03. The molecule has 3 heterocycles. The van der Waals surface area contributed by atoms with Crippen LogP contribution in [-0.4, -0.2) is 47.9 Å². The summed E-state index contributed by atoms with van der Waals surface area (Å²) in [6, 6.07) is 4.20. The van der Waals surface area contributed by atoms with Crippen molar-refractivity contribution < 1.29 is 4.79 Å². The Hall–Kier alpha value is -0.580. The van der Waals surface area contributed by atoms with Crippen molar-refractivity contribution in [1.82, 2.24) is 9.80 Å². The van der Waals surface area contributed by atoms with Crippen LogP contribution in [0, 0.1) is 0 Å². The number of hydrogen-bond acceptors (Lipinski definition) is 3. The fourth-order valence-electron chi connectivity index (χ4n) is 2.54. The number of carbonyl (C=O) groups excluding carboxylic acids is 1. The Morgan fingerprint density at radius 1 is 1.29 bits per heavy atom. The molecule has 1 aromatic heterocycles. The molecule has 0 atom stereocenters. The Morgan fingerprint density at radius 3 is 2.59 bits per heavy atom. The first kappa shape index (κ1) is 11.5. The van der Waals surface area contributed by atoms with Crippen molar-refractivity contribution in [2.24, 2.45) is 0 Å². The van der Waals surface area contributed by atoms with Crippen LogP contribution < -0.4 is 0 Å². The molecule has 0 aromatic carbocycles. The van der Waals surface area contributed by atoms with Crippen LogP contribution in [0.5, 0.6) is 0 Å². The van der Waals surface area contributed by atoms with Gasteiger partial charge in [-0.15, -0.1) is 11.3 Å². The molecule has 1 aromatic rings. The number of thiophene rings is 1. The highest BCUT2D eigenvalue weighted by molar-refractivity contribution is 7.17. The molecule has 0 N–H and O–H groups in total. The molecule has 17 heavy (non-hydrogen) atoms. The SMILES string of the molecule is O=C(c1ccc(Cl)s1)N1CC(N2CCCC2)C1. The number of amides is 1. The van der Waals surface area contributed by atoms with Crippen LogP contribution in [0.4, 0.5) is 0 Å². The zero-order valence-corrected chi connectivity index (χ0v) is 11.1. The van der Waals surface area contributed by atoms with Gasteiger partial charge in [0.15, 0.2) is 0 Å². The van der Waals surface area contributed by atoms with Crippen LogP contribution >= 0.6 is 22.9 Å². The van der Waals surface area contributed by atoms with Crippen LogP contribution in [0.3, 0.4) is 0 Å². The normalized spacial score (nSPS) is 21.8. The highest BCUT2D eigenvalue weighted by Crippen LogP contribution is 2.26. The molecule has 0 aliphatic carbocycles. The van der Waals surface area contributed by atoms with Crippen LogP contribution in [-0.2, 0) is 0 Å². The summed E-state index contributed by atoms with van der Waals surface area (Å²) in [5.41, 5.74) is 0. The fourth-order valence-corrected chi connectivity index (χ4v) is 3.55. The maximum absolute atomic E-state index is 12.1. The molecule has 2 aliphatic heterocycles. The Balaban J connectivity index is 1.56. The van der Waals surface area contributed by atoms with E-state index in [1.807, 2.05) is 11.0 Å². The van der Waals surface area contributed by atoms with Gasteiger partial charge in [0.1, 0.15) is 0 Å². The lowest BCUT2D eigenvalue weighted by atomic mass is 10.1. The summed E-state index contributed by atoms with van der Waals surface area (Å²) < 4.78 is 0.685. The molecular formula is C12H15ClN2OS. The molecule has 0 bridgehead atoms. The van der Waals surface area contributed by atoms with Crippen molar-refractivity contribution in [3.05, 3.63) is 21.3 Å². The minimum atomic E-state index is 0.136. The van der Waals surface area contributed by atoms with Gasteiger partial charge in [0.25, 0.3) is 5.91 Å². The van der Waals surface area contributed by atoms with Crippen molar-refractivity contribution in [3.8, 4) is 0 Å². The van der Waals surface area contributed by atoms with Gasteiger partial charge in [0.05, 0.1) is 9.21 Å². The average Bonchev–Trinajstić information content (AvgIpc) is 2.86. The molecule has 2 saturated heterocycles. The Labute approximate surface area is 110 Å².